The van der Waals surface area contributed by atoms with Crippen molar-refractivity contribution >= 4 is 11.4 Å². The van der Waals surface area contributed by atoms with Gasteiger partial charge in [-0.15, -0.1) is 0 Å². The number of benzene rings is 3. The summed E-state index contributed by atoms with van der Waals surface area (Å²) in [7, 11) is 0. The quantitative estimate of drug-likeness (QED) is 0.452. The van der Waals surface area contributed by atoms with Gasteiger partial charge in [-0.05, 0) is 92.3 Å². The molecule has 4 rings (SSSR count). The number of hydrogen-bond acceptors (Lipinski definition) is 2. The van der Waals surface area contributed by atoms with Gasteiger partial charge in [0.1, 0.15) is 0 Å². The average Bonchev–Trinajstić information content (AvgIpc) is 2.89. The van der Waals surface area contributed by atoms with Crippen LogP contribution in [0.2, 0.25) is 0 Å². The molecule has 0 bridgehead atoms. The highest BCUT2D eigenvalue weighted by Crippen LogP contribution is 2.51. The molecule has 2 heteroatoms. The first kappa shape index (κ1) is 20.2. The minimum atomic E-state index is -0.0867. The summed E-state index contributed by atoms with van der Waals surface area (Å²) in [6.07, 6.45) is 0. The molecule has 0 radical (unpaired) electrons. The summed E-state index contributed by atoms with van der Waals surface area (Å²) in [5.74, 6) is 0. The summed E-state index contributed by atoms with van der Waals surface area (Å²) < 4.78 is 0. The number of aryl methyl sites for hydroxylation is 2. The highest BCUT2D eigenvalue weighted by molar-refractivity contribution is 5.86. The summed E-state index contributed by atoms with van der Waals surface area (Å²) in [5, 5.41) is 9.46. The zero-order chi connectivity index (χ0) is 21.8. The van der Waals surface area contributed by atoms with E-state index in [-0.39, 0.29) is 11.0 Å². The lowest BCUT2D eigenvalue weighted by Crippen LogP contribution is -2.38. The molecule has 3 aromatic carbocycles. The van der Waals surface area contributed by atoms with Crippen LogP contribution in [-0.2, 0) is 5.41 Å². The fourth-order valence-corrected chi connectivity index (χ4v) is 4.87. The fourth-order valence-electron chi connectivity index (χ4n) is 4.87. The summed E-state index contributed by atoms with van der Waals surface area (Å²) >= 11 is 0. The Kier molecular flexibility index (Phi) is 4.55. The third-order valence-corrected chi connectivity index (χ3v) is 6.39. The summed E-state index contributed by atoms with van der Waals surface area (Å²) in [6.45, 7) is 15.7. The molecule has 2 nitrogen and oxygen atoms in total. The summed E-state index contributed by atoms with van der Waals surface area (Å²) in [6, 6.07) is 21.7. The van der Waals surface area contributed by atoms with E-state index in [1.165, 1.54) is 44.8 Å². The van der Waals surface area contributed by atoms with E-state index in [0.29, 0.717) is 5.56 Å². The van der Waals surface area contributed by atoms with Gasteiger partial charge < -0.3 is 4.90 Å². The molecule has 0 saturated carbocycles. The molecule has 1 aliphatic rings. The van der Waals surface area contributed by atoms with Crippen LogP contribution in [0.25, 0.3) is 11.1 Å². The van der Waals surface area contributed by atoms with Crippen molar-refractivity contribution in [2.75, 3.05) is 4.90 Å². The number of para-hydroxylation sites is 1. The molecule has 152 valence electrons. The van der Waals surface area contributed by atoms with E-state index >= 15 is 0 Å². The maximum Gasteiger partial charge on any atom is 0.0991 e. The van der Waals surface area contributed by atoms with Crippen molar-refractivity contribution in [2.24, 2.45) is 0 Å². The van der Waals surface area contributed by atoms with Crippen molar-refractivity contribution in [3.05, 3.63) is 82.4 Å². The van der Waals surface area contributed by atoms with Gasteiger partial charge in [0.25, 0.3) is 0 Å². The lowest BCUT2D eigenvalue weighted by Gasteiger charge is -2.40. The molecule has 0 amide bonds. The van der Waals surface area contributed by atoms with Gasteiger partial charge in [0.05, 0.1) is 11.6 Å². The predicted octanol–water partition coefficient (Wildman–Crippen LogP) is 7.42. The van der Waals surface area contributed by atoms with Gasteiger partial charge in [-0.25, -0.2) is 0 Å². The van der Waals surface area contributed by atoms with E-state index in [1.54, 1.807) is 0 Å². The van der Waals surface area contributed by atoms with Crippen LogP contribution < -0.4 is 4.90 Å². The number of fused-ring (bicyclic) bond motifs is 3. The zero-order valence-electron chi connectivity index (χ0n) is 19.1. The molecular weight excluding hydrogens is 364 g/mol. The van der Waals surface area contributed by atoms with Gasteiger partial charge in [0, 0.05) is 22.3 Å². The Bertz CT molecular complexity index is 1190. The van der Waals surface area contributed by atoms with Crippen LogP contribution >= 0.6 is 0 Å². The van der Waals surface area contributed by atoms with E-state index in [1.807, 2.05) is 6.07 Å². The Balaban J connectivity index is 2.00. The van der Waals surface area contributed by atoms with Crippen LogP contribution in [0.3, 0.4) is 0 Å². The Morgan fingerprint density at radius 1 is 0.800 bits per heavy atom. The molecule has 0 atom stereocenters. The molecule has 0 aliphatic heterocycles. The molecular formula is C28H30N2. The Hall–Kier alpha value is -3.05. The van der Waals surface area contributed by atoms with Crippen LogP contribution in [0.15, 0.2) is 54.6 Å². The van der Waals surface area contributed by atoms with Gasteiger partial charge in [-0.2, -0.15) is 5.26 Å². The summed E-state index contributed by atoms with van der Waals surface area (Å²) in [5.41, 5.74) is 10.6. The Morgan fingerprint density at radius 2 is 1.47 bits per heavy atom. The minimum Gasteiger partial charge on any atom is -0.336 e. The first-order valence-electron chi connectivity index (χ1n) is 10.6. The number of nitrogens with zero attached hydrogens (tertiary/aromatic N) is 2. The molecule has 0 saturated heterocycles. The van der Waals surface area contributed by atoms with Gasteiger partial charge in [-0.1, -0.05) is 44.2 Å². The van der Waals surface area contributed by atoms with Gasteiger partial charge in [0.15, 0.2) is 0 Å². The van der Waals surface area contributed by atoms with Crippen molar-refractivity contribution in [1.29, 1.82) is 5.26 Å². The van der Waals surface area contributed by atoms with Crippen molar-refractivity contribution in [1.82, 2.24) is 0 Å². The topological polar surface area (TPSA) is 27.0 Å². The van der Waals surface area contributed by atoms with E-state index in [2.05, 4.69) is 108 Å². The lowest BCUT2D eigenvalue weighted by atomic mass is 9.81. The second kappa shape index (κ2) is 6.74. The lowest BCUT2D eigenvalue weighted by molar-refractivity contribution is 0.558. The third kappa shape index (κ3) is 3.01. The van der Waals surface area contributed by atoms with E-state index < -0.39 is 0 Å². The van der Waals surface area contributed by atoms with E-state index in [4.69, 9.17) is 0 Å². The van der Waals surface area contributed by atoms with Crippen LogP contribution in [0.4, 0.5) is 11.4 Å². The van der Waals surface area contributed by atoms with Crippen LogP contribution in [-0.4, -0.2) is 5.54 Å². The van der Waals surface area contributed by atoms with Crippen LogP contribution in [0.5, 0.6) is 0 Å². The summed E-state index contributed by atoms with van der Waals surface area (Å²) in [4.78, 5) is 2.46. The molecule has 1 aliphatic carbocycles. The van der Waals surface area contributed by atoms with Crippen molar-refractivity contribution in [2.45, 2.75) is 59.4 Å². The van der Waals surface area contributed by atoms with Crippen LogP contribution in [0, 0.1) is 25.2 Å². The van der Waals surface area contributed by atoms with Crippen LogP contribution in [0.1, 0.15) is 62.4 Å². The smallest absolute Gasteiger partial charge is 0.0991 e. The standard InChI is InChI=1S/C28H30N2/c1-18-10-8-9-11-25(18)30(27(3,4)5)26-16-22-21-15-20(17-29)12-13-23(21)28(6,7)24(22)14-19(26)2/h8-16H,1-7H3. The Morgan fingerprint density at radius 3 is 2.10 bits per heavy atom. The molecule has 0 N–H and O–H groups in total. The van der Waals surface area contributed by atoms with E-state index in [9.17, 15) is 5.26 Å². The molecule has 0 heterocycles. The molecule has 0 unspecified atom stereocenters. The molecule has 0 fully saturated rings. The SMILES string of the molecule is Cc1ccccc1N(c1cc2c(cc1C)C(C)(C)c1ccc(C#N)cc1-2)C(C)(C)C. The van der Waals surface area contributed by atoms with Gasteiger partial charge >= 0.3 is 0 Å². The minimum absolute atomic E-state index is 0.0723. The van der Waals surface area contributed by atoms with Gasteiger partial charge in [0.2, 0.25) is 0 Å². The number of rotatable bonds is 2. The van der Waals surface area contributed by atoms with E-state index in [0.717, 1.165) is 0 Å². The molecule has 3 aromatic rings. The number of anilines is 2. The zero-order valence-corrected chi connectivity index (χ0v) is 19.1. The maximum atomic E-state index is 9.46. The highest BCUT2D eigenvalue weighted by atomic mass is 15.2. The van der Waals surface area contributed by atoms with Crippen molar-refractivity contribution in [3.63, 3.8) is 0 Å². The first-order valence-corrected chi connectivity index (χ1v) is 10.6. The monoisotopic (exact) mass is 394 g/mol. The average molecular weight is 395 g/mol. The highest BCUT2D eigenvalue weighted by Gasteiger charge is 2.37. The largest absolute Gasteiger partial charge is 0.336 e. The van der Waals surface area contributed by atoms with Gasteiger partial charge in [-0.3, -0.25) is 0 Å². The fraction of sp³-hybridized carbons (Fsp3) is 0.321. The molecule has 0 spiro atoms. The maximum absolute atomic E-state index is 9.46. The molecule has 30 heavy (non-hydrogen) atoms. The second-order valence-corrected chi connectivity index (χ2v) is 9.97. The second-order valence-electron chi connectivity index (χ2n) is 9.97. The number of hydrogen-bond donors (Lipinski definition) is 0. The predicted molar refractivity (Wildman–Crippen MR) is 127 cm³/mol. The van der Waals surface area contributed by atoms with Crippen molar-refractivity contribution in [3.8, 4) is 17.2 Å². The van der Waals surface area contributed by atoms with Crippen molar-refractivity contribution < 1.29 is 0 Å². The molecule has 0 aromatic heterocycles. The Labute approximate surface area is 180 Å². The first-order chi connectivity index (χ1) is 14.1. The number of nitriles is 1. The third-order valence-electron chi connectivity index (χ3n) is 6.39. The normalized spacial score (nSPS) is 14.1.